The van der Waals surface area contributed by atoms with Crippen molar-refractivity contribution in [2.45, 2.75) is 69.2 Å². The zero-order valence-corrected chi connectivity index (χ0v) is 21.1. The molecule has 2 saturated carbocycles. The SMILES string of the molecule is CCC(F)(c1ccnc(C(=O)NC(c2cccc(-c3cccnc3)c2)C2(O)CCCC2)c1Cl)C1CC1. The van der Waals surface area contributed by atoms with Crippen molar-refractivity contribution >= 4 is 17.5 Å². The molecule has 0 spiro atoms. The first-order chi connectivity index (χ1) is 17.4. The fourth-order valence-corrected chi connectivity index (χ4v) is 5.95. The summed E-state index contributed by atoms with van der Waals surface area (Å²) in [7, 11) is 0. The van der Waals surface area contributed by atoms with E-state index < -0.39 is 23.2 Å². The van der Waals surface area contributed by atoms with Gasteiger partial charge in [0.25, 0.3) is 5.91 Å². The molecule has 2 heterocycles. The van der Waals surface area contributed by atoms with Crippen LogP contribution in [0.5, 0.6) is 0 Å². The number of nitrogens with zero attached hydrogens (tertiary/aromatic N) is 2. The molecule has 2 N–H and O–H groups in total. The molecule has 0 radical (unpaired) electrons. The predicted octanol–water partition coefficient (Wildman–Crippen LogP) is 6.56. The monoisotopic (exact) mass is 507 g/mol. The number of aromatic nitrogens is 2. The van der Waals surface area contributed by atoms with Gasteiger partial charge in [0.15, 0.2) is 0 Å². The van der Waals surface area contributed by atoms with E-state index in [0.29, 0.717) is 18.4 Å². The Morgan fingerprint density at radius 1 is 1.19 bits per heavy atom. The lowest BCUT2D eigenvalue weighted by molar-refractivity contribution is 0.00717. The minimum atomic E-state index is -1.57. The van der Waals surface area contributed by atoms with E-state index in [4.69, 9.17) is 11.6 Å². The number of carbonyl (C=O) groups is 1. The molecule has 2 aliphatic carbocycles. The van der Waals surface area contributed by atoms with Crippen molar-refractivity contribution in [3.63, 3.8) is 0 Å². The molecule has 5 nitrogen and oxygen atoms in total. The summed E-state index contributed by atoms with van der Waals surface area (Å²) in [4.78, 5) is 22.0. The molecule has 5 rings (SSSR count). The fraction of sp³-hybridized carbons (Fsp3) is 0.414. The maximum absolute atomic E-state index is 15.9. The Morgan fingerprint density at radius 2 is 1.94 bits per heavy atom. The summed E-state index contributed by atoms with van der Waals surface area (Å²) in [6, 6.07) is 12.5. The summed E-state index contributed by atoms with van der Waals surface area (Å²) < 4.78 is 15.9. The third-order valence-electron chi connectivity index (χ3n) is 7.79. The molecule has 0 aliphatic heterocycles. The van der Waals surface area contributed by atoms with Crippen LogP contribution in [0.15, 0.2) is 61.1 Å². The Morgan fingerprint density at radius 3 is 2.61 bits per heavy atom. The smallest absolute Gasteiger partial charge is 0.272 e. The van der Waals surface area contributed by atoms with Crippen molar-refractivity contribution in [1.29, 1.82) is 0 Å². The van der Waals surface area contributed by atoms with E-state index in [9.17, 15) is 9.90 Å². The van der Waals surface area contributed by atoms with Gasteiger partial charge >= 0.3 is 0 Å². The highest BCUT2D eigenvalue weighted by Gasteiger charge is 2.48. The number of hydrogen-bond acceptors (Lipinski definition) is 4. The van der Waals surface area contributed by atoms with Crippen molar-refractivity contribution in [3.8, 4) is 11.1 Å². The highest BCUT2D eigenvalue weighted by atomic mass is 35.5. The summed E-state index contributed by atoms with van der Waals surface area (Å²) in [5.74, 6) is -0.603. The Labute approximate surface area is 216 Å². The first kappa shape index (κ1) is 24.8. The van der Waals surface area contributed by atoms with Gasteiger partial charge in [-0.25, -0.2) is 9.37 Å². The van der Waals surface area contributed by atoms with Crippen molar-refractivity contribution in [2.75, 3.05) is 0 Å². The molecule has 1 aromatic carbocycles. The lowest BCUT2D eigenvalue weighted by Gasteiger charge is -2.34. The van der Waals surface area contributed by atoms with Gasteiger partial charge < -0.3 is 10.4 Å². The standard InChI is InChI=1S/C29H31ClFN3O2/c1-2-29(31,22-10-11-22)23-12-16-33-25(24(23)30)27(35)34-26(28(36)13-3-4-14-28)20-8-5-7-19(17-20)21-9-6-15-32-18-21/h5-9,12,15-18,22,26,36H,2-4,10-11,13-14H2,1H3,(H,34,35). The molecule has 2 fully saturated rings. The molecule has 36 heavy (non-hydrogen) atoms. The first-order valence-corrected chi connectivity index (χ1v) is 13.1. The quantitative estimate of drug-likeness (QED) is 0.362. The van der Waals surface area contributed by atoms with Crippen molar-refractivity contribution in [3.05, 3.63) is 82.9 Å². The Hall–Kier alpha value is -2.83. The van der Waals surface area contributed by atoms with Crippen LogP contribution in [-0.4, -0.2) is 26.6 Å². The Bertz CT molecular complexity index is 1240. The summed E-state index contributed by atoms with van der Waals surface area (Å²) >= 11 is 6.63. The number of hydrogen-bond donors (Lipinski definition) is 2. The zero-order chi connectivity index (χ0) is 25.3. The molecule has 7 heteroatoms. The summed E-state index contributed by atoms with van der Waals surface area (Å²) in [5.41, 5.74) is 0.301. The van der Waals surface area contributed by atoms with Gasteiger partial charge in [0.1, 0.15) is 11.4 Å². The summed E-state index contributed by atoms with van der Waals surface area (Å²) in [6.45, 7) is 1.80. The highest BCUT2D eigenvalue weighted by Crippen LogP contribution is 2.52. The van der Waals surface area contributed by atoms with Gasteiger partial charge in [-0.1, -0.05) is 55.6 Å². The van der Waals surface area contributed by atoms with Crippen LogP contribution in [0.4, 0.5) is 4.39 Å². The van der Waals surface area contributed by atoms with Crippen LogP contribution in [0.1, 0.15) is 79.5 Å². The van der Waals surface area contributed by atoms with Crippen LogP contribution in [-0.2, 0) is 5.67 Å². The topological polar surface area (TPSA) is 75.1 Å². The van der Waals surface area contributed by atoms with Crippen molar-refractivity contribution in [1.82, 2.24) is 15.3 Å². The van der Waals surface area contributed by atoms with Crippen LogP contribution < -0.4 is 5.32 Å². The summed E-state index contributed by atoms with van der Waals surface area (Å²) in [5, 5.41) is 14.7. The Kier molecular flexibility index (Phi) is 6.84. The average Bonchev–Trinajstić information content (AvgIpc) is 3.68. The number of alkyl halides is 1. The van der Waals surface area contributed by atoms with E-state index in [1.807, 2.05) is 36.4 Å². The molecule has 188 valence electrons. The molecular weight excluding hydrogens is 477 g/mol. The Balaban J connectivity index is 1.49. The third kappa shape index (κ3) is 4.64. The number of aliphatic hydroxyl groups is 1. The second-order valence-electron chi connectivity index (χ2n) is 10.1. The van der Waals surface area contributed by atoms with E-state index in [1.165, 1.54) is 6.20 Å². The lowest BCUT2D eigenvalue weighted by Crippen LogP contribution is -2.44. The van der Waals surface area contributed by atoms with E-state index in [2.05, 4.69) is 15.3 Å². The molecule has 2 aromatic heterocycles. The highest BCUT2D eigenvalue weighted by molar-refractivity contribution is 6.34. The van der Waals surface area contributed by atoms with Gasteiger partial charge in [-0.2, -0.15) is 0 Å². The maximum atomic E-state index is 15.9. The molecule has 2 aliphatic rings. The van der Waals surface area contributed by atoms with Crippen LogP contribution in [0.25, 0.3) is 11.1 Å². The number of halogens is 2. The molecule has 2 unspecified atom stereocenters. The molecule has 2 atom stereocenters. The molecule has 1 amide bonds. The molecule has 3 aromatic rings. The second-order valence-corrected chi connectivity index (χ2v) is 10.5. The number of carbonyl (C=O) groups excluding carboxylic acids is 1. The van der Waals surface area contributed by atoms with Gasteiger partial charge in [0, 0.05) is 24.2 Å². The third-order valence-corrected chi connectivity index (χ3v) is 8.17. The zero-order valence-electron chi connectivity index (χ0n) is 20.4. The van der Waals surface area contributed by atoms with Crippen LogP contribution in [0.2, 0.25) is 5.02 Å². The van der Waals surface area contributed by atoms with E-state index in [1.54, 1.807) is 25.4 Å². The van der Waals surface area contributed by atoms with Gasteiger partial charge in [-0.3, -0.25) is 9.78 Å². The van der Waals surface area contributed by atoms with Gasteiger partial charge in [0.2, 0.25) is 0 Å². The number of benzene rings is 1. The van der Waals surface area contributed by atoms with E-state index >= 15 is 4.39 Å². The van der Waals surface area contributed by atoms with Gasteiger partial charge in [-0.15, -0.1) is 0 Å². The van der Waals surface area contributed by atoms with Crippen LogP contribution >= 0.6 is 11.6 Å². The second kappa shape index (κ2) is 9.91. The van der Waals surface area contributed by atoms with Crippen LogP contribution in [0.3, 0.4) is 0 Å². The summed E-state index contributed by atoms with van der Waals surface area (Å²) in [6.07, 6.45) is 9.75. The van der Waals surface area contributed by atoms with Crippen molar-refractivity contribution < 1.29 is 14.3 Å². The van der Waals surface area contributed by atoms with Crippen LogP contribution in [0, 0.1) is 5.92 Å². The fourth-order valence-electron chi connectivity index (χ4n) is 5.60. The van der Waals surface area contributed by atoms with Gasteiger partial charge in [-0.05, 0) is 72.9 Å². The lowest BCUT2D eigenvalue weighted by atomic mass is 9.85. The molecule has 0 bridgehead atoms. The number of amides is 1. The van der Waals surface area contributed by atoms with E-state index in [-0.39, 0.29) is 23.1 Å². The minimum absolute atomic E-state index is 0.0136. The van der Waals surface area contributed by atoms with E-state index in [0.717, 1.165) is 42.4 Å². The number of pyridine rings is 2. The van der Waals surface area contributed by atoms with Gasteiger partial charge in [0.05, 0.1) is 16.7 Å². The number of nitrogens with one attached hydrogen (secondary N) is 1. The number of rotatable bonds is 8. The average molecular weight is 508 g/mol. The maximum Gasteiger partial charge on any atom is 0.272 e. The normalized spacial score (nSPS) is 19.4. The first-order valence-electron chi connectivity index (χ1n) is 12.7. The largest absolute Gasteiger partial charge is 0.387 e. The molecule has 0 saturated heterocycles. The predicted molar refractivity (Wildman–Crippen MR) is 138 cm³/mol. The van der Waals surface area contributed by atoms with Crippen molar-refractivity contribution in [2.24, 2.45) is 5.92 Å². The molecular formula is C29H31ClFN3O2. The minimum Gasteiger partial charge on any atom is -0.387 e.